The predicted molar refractivity (Wildman–Crippen MR) is 87.2 cm³/mol. The average molecular weight is 318 g/mol. The standard InChI is InChI=1S/C17H22N2O4/c1-3-4-11(2)16(21)18-13-5-7-14(8-6-13)19-10-12(17(22)23)9-15(19)20/h5-8,11-12H,3-4,9-10H2,1-2H3,(H,18,21)(H,22,23)/t11-,12-/m1/s1. The van der Waals surface area contributed by atoms with Crippen molar-refractivity contribution in [3.8, 4) is 0 Å². The van der Waals surface area contributed by atoms with Gasteiger partial charge in [0.1, 0.15) is 0 Å². The van der Waals surface area contributed by atoms with Crippen LogP contribution in [0.5, 0.6) is 0 Å². The number of carboxylic acid groups (broad SMARTS) is 1. The molecular formula is C17H22N2O4. The van der Waals surface area contributed by atoms with E-state index in [1.54, 1.807) is 24.3 Å². The normalized spacial score (nSPS) is 18.8. The van der Waals surface area contributed by atoms with Crippen LogP contribution in [0.15, 0.2) is 24.3 Å². The van der Waals surface area contributed by atoms with Gasteiger partial charge in [0, 0.05) is 30.3 Å². The summed E-state index contributed by atoms with van der Waals surface area (Å²) in [4.78, 5) is 36.3. The molecule has 0 aromatic heterocycles. The molecular weight excluding hydrogens is 296 g/mol. The van der Waals surface area contributed by atoms with Crippen molar-refractivity contribution in [1.29, 1.82) is 0 Å². The fourth-order valence-electron chi connectivity index (χ4n) is 2.68. The number of carbonyl (C=O) groups excluding carboxylic acids is 2. The average Bonchev–Trinajstić information content (AvgIpc) is 2.90. The van der Waals surface area contributed by atoms with E-state index in [2.05, 4.69) is 5.32 Å². The number of carbonyl (C=O) groups is 3. The molecule has 0 unspecified atom stereocenters. The van der Waals surface area contributed by atoms with Gasteiger partial charge in [-0.25, -0.2) is 0 Å². The zero-order valence-corrected chi connectivity index (χ0v) is 13.4. The second kappa shape index (κ2) is 7.26. The monoisotopic (exact) mass is 318 g/mol. The summed E-state index contributed by atoms with van der Waals surface area (Å²) >= 11 is 0. The van der Waals surface area contributed by atoms with E-state index in [-0.39, 0.29) is 30.7 Å². The summed E-state index contributed by atoms with van der Waals surface area (Å²) in [5.41, 5.74) is 1.32. The van der Waals surface area contributed by atoms with Crippen LogP contribution in [0.3, 0.4) is 0 Å². The molecule has 1 aliphatic heterocycles. The predicted octanol–water partition coefficient (Wildman–Crippen LogP) is 2.50. The first-order valence-electron chi connectivity index (χ1n) is 7.86. The quantitative estimate of drug-likeness (QED) is 0.843. The van der Waals surface area contributed by atoms with Crippen LogP contribution in [0.25, 0.3) is 0 Å². The Labute approximate surface area is 135 Å². The molecule has 2 atom stereocenters. The molecule has 0 spiro atoms. The zero-order valence-electron chi connectivity index (χ0n) is 13.4. The number of nitrogens with zero attached hydrogens (tertiary/aromatic N) is 1. The fourth-order valence-corrected chi connectivity index (χ4v) is 2.68. The highest BCUT2D eigenvalue weighted by atomic mass is 16.4. The lowest BCUT2D eigenvalue weighted by atomic mass is 10.1. The minimum absolute atomic E-state index is 0.0252. The number of hydrogen-bond donors (Lipinski definition) is 2. The minimum Gasteiger partial charge on any atom is -0.481 e. The second-order valence-corrected chi connectivity index (χ2v) is 5.97. The van der Waals surface area contributed by atoms with Gasteiger partial charge >= 0.3 is 5.97 Å². The Balaban J connectivity index is 2.01. The molecule has 23 heavy (non-hydrogen) atoms. The summed E-state index contributed by atoms with van der Waals surface area (Å²) in [6, 6.07) is 6.91. The number of carboxylic acids is 1. The van der Waals surface area contributed by atoms with E-state index in [9.17, 15) is 14.4 Å². The Morgan fingerprint density at radius 2 is 2.00 bits per heavy atom. The van der Waals surface area contributed by atoms with Crippen molar-refractivity contribution in [3.63, 3.8) is 0 Å². The molecule has 1 saturated heterocycles. The topological polar surface area (TPSA) is 86.7 Å². The van der Waals surface area contributed by atoms with Crippen molar-refractivity contribution < 1.29 is 19.5 Å². The van der Waals surface area contributed by atoms with Crippen LogP contribution < -0.4 is 10.2 Å². The molecule has 1 aromatic rings. The van der Waals surface area contributed by atoms with E-state index >= 15 is 0 Å². The van der Waals surface area contributed by atoms with Crippen molar-refractivity contribution in [1.82, 2.24) is 0 Å². The number of anilines is 2. The Kier molecular flexibility index (Phi) is 5.36. The Morgan fingerprint density at radius 1 is 1.35 bits per heavy atom. The molecule has 0 saturated carbocycles. The molecule has 0 aliphatic carbocycles. The largest absolute Gasteiger partial charge is 0.481 e. The van der Waals surface area contributed by atoms with E-state index < -0.39 is 11.9 Å². The summed E-state index contributed by atoms with van der Waals surface area (Å²) in [5.74, 6) is -1.86. The molecule has 2 rings (SSSR count). The first-order chi connectivity index (χ1) is 10.9. The molecule has 1 heterocycles. The van der Waals surface area contributed by atoms with E-state index in [0.717, 1.165) is 12.8 Å². The lowest BCUT2D eigenvalue weighted by molar-refractivity contribution is -0.141. The molecule has 2 N–H and O–H groups in total. The summed E-state index contributed by atoms with van der Waals surface area (Å²) in [5, 5.41) is 11.9. The molecule has 124 valence electrons. The zero-order chi connectivity index (χ0) is 17.0. The molecule has 6 heteroatoms. The van der Waals surface area contributed by atoms with Crippen LogP contribution in [-0.4, -0.2) is 29.4 Å². The van der Waals surface area contributed by atoms with Crippen LogP contribution in [0, 0.1) is 11.8 Å². The minimum atomic E-state index is -0.949. The van der Waals surface area contributed by atoms with Gasteiger partial charge in [0.25, 0.3) is 0 Å². The van der Waals surface area contributed by atoms with Crippen LogP contribution in [0.2, 0.25) is 0 Å². The van der Waals surface area contributed by atoms with E-state index in [1.807, 2.05) is 13.8 Å². The lowest BCUT2D eigenvalue weighted by Crippen LogP contribution is -2.25. The van der Waals surface area contributed by atoms with Gasteiger partial charge in [-0.1, -0.05) is 20.3 Å². The van der Waals surface area contributed by atoms with Gasteiger partial charge in [0.05, 0.1) is 5.92 Å². The van der Waals surface area contributed by atoms with Crippen LogP contribution >= 0.6 is 0 Å². The Hall–Kier alpha value is -2.37. The van der Waals surface area contributed by atoms with E-state index in [1.165, 1.54) is 4.90 Å². The number of benzene rings is 1. The number of amides is 2. The fraction of sp³-hybridized carbons (Fsp3) is 0.471. The molecule has 1 fully saturated rings. The maximum absolute atomic E-state index is 12.0. The smallest absolute Gasteiger partial charge is 0.308 e. The summed E-state index contributed by atoms with van der Waals surface area (Å²) in [7, 11) is 0. The summed E-state index contributed by atoms with van der Waals surface area (Å²) < 4.78 is 0. The number of rotatable bonds is 6. The highest BCUT2D eigenvalue weighted by molar-refractivity contribution is 5.99. The number of aliphatic carboxylic acids is 1. The molecule has 0 radical (unpaired) electrons. The maximum atomic E-state index is 12.0. The van der Waals surface area contributed by atoms with Crippen molar-refractivity contribution in [2.45, 2.75) is 33.1 Å². The molecule has 1 aromatic carbocycles. The van der Waals surface area contributed by atoms with Gasteiger partial charge in [0.15, 0.2) is 0 Å². The molecule has 2 amide bonds. The number of nitrogens with one attached hydrogen (secondary N) is 1. The summed E-state index contributed by atoms with van der Waals surface area (Å²) in [6.45, 7) is 4.12. The lowest BCUT2D eigenvalue weighted by Gasteiger charge is -2.17. The van der Waals surface area contributed by atoms with Gasteiger partial charge in [0.2, 0.25) is 11.8 Å². The second-order valence-electron chi connectivity index (χ2n) is 5.97. The van der Waals surface area contributed by atoms with Crippen molar-refractivity contribution in [3.05, 3.63) is 24.3 Å². The molecule has 6 nitrogen and oxygen atoms in total. The molecule has 0 bridgehead atoms. The highest BCUT2D eigenvalue weighted by Gasteiger charge is 2.34. The van der Waals surface area contributed by atoms with Gasteiger partial charge in [-0.3, -0.25) is 14.4 Å². The third kappa shape index (κ3) is 4.09. The van der Waals surface area contributed by atoms with Crippen LogP contribution in [0.1, 0.15) is 33.1 Å². The van der Waals surface area contributed by atoms with Gasteiger partial charge < -0.3 is 15.3 Å². The summed E-state index contributed by atoms with van der Waals surface area (Å²) in [6.07, 6.45) is 1.82. The van der Waals surface area contributed by atoms with E-state index in [0.29, 0.717) is 11.4 Å². The highest BCUT2D eigenvalue weighted by Crippen LogP contribution is 2.26. The van der Waals surface area contributed by atoms with Crippen molar-refractivity contribution in [2.75, 3.05) is 16.8 Å². The first kappa shape index (κ1) is 17.0. The third-order valence-corrected chi connectivity index (χ3v) is 4.09. The van der Waals surface area contributed by atoms with Crippen molar-refractivity contribution >= 4 is 29.2 Å². The maximum Gasteiger partial charge on any atom is 0.308 e. The third-order valence-electron chi connectivity index (χ3n) is 4.09. The molecule has 1 aliphatic rings. The van der Waals surface area contributed by atoms with Gasteiger partial charge in [-0.2, -0.15) is 0 Å². The SMILES string of the molecule is CCC[C@@H](C)C(=O)Nc1ccc(N2C[C@H](C(=O)O)CC2=O)cc1. The van der Waals surface area contributed by atoms with Gasteiger partial charge in [-0.05, 0) is 30.7 Å². The Bertz CT molecular complexity index is 597. The van der Waals surface area contributed by atoms with Crippen LogP contribution in [-0.2, 0) is 14.4 Å². The van der Waals surface area contributed by atoms with Crippen LogP contribution in [0.4, 0.5) is 11.4 Å². The van der Waals surface area contributed by atoms with E-state index in [4.69, 9.17) is 5.11 Å². The van der Waals surface area contributed by atoms with Crippen molar-refractivity contribution in [2.24, 2.45) is 11.8 Å². The number of hydrogen-bond acceptors (Lipinski definition) is 3. The van der Waals surface area contributed by atoms with Gasteiger partial charge in [-0.15, -0.1) is 0 Å². The first-order valence-corrected chi connectivity index (χ1v) is 7.86. The Morgan fingerprint density at radius 3 is 2.52 bits per heavy atom.